The number of fused-ring (bicyclic) bond motifs is 2. The van der Waals surface area contributed by atoms with Crippen molar-refractivity contribution in [2.24, 2.45) is 5.92 Å². The molecule has 5 rings (SSSR count). The molecule has 0 N–H and O–H groups in total. The molecule has 1 aliphatic rings. The number of hydrogen-bond acceptors (Lipinski definition) is 4. The highest BCUT2D eigenvalue weighted by Crippen LogP contribution is 2.24. The van der Waals surface area contributed by atoms with Crippen molar-refractivity contribution in [3.8, 4) is 0 Å². The number of piperidine rings is 1. The van der Waals surface area contributed by atoms with Crippen molar-refractivity contribution < 1.29 is 9.21 Å². The van der Waals surface area contributed by atoms with Crippen molar-refractivity contribution in [1.82, 2.24) is 14.5 Å². The van der Waals surface area contributed by atoms with Crippen LogP contribution < -0.4 is 5.43 Å². The zero-order chi connectivity index (χ0) is 20.7. The number of carbonyl (C=O) groups excluding carboxylic acids is 1. The molecule has 6 heteroatoms. The number of para-hydroxylation sites is 3. The molecule has 6 nitrogen and oxygen atoms in total. The van der Waals surface area contributed by atoms with Gasteiger partial charge >= 0.3 is 0 Å². The van der Waals surface area contributed by atoms with Crippen LogP contribution in [0.2, 0.25) is 0 Å². The summed E-state index contributed by atoms with van der Waals surface area (Å²) in [5.74, 6) is 1.41. The predicted molar refractivity (Wildman–Crippen MR) is 116 cm³/mol. The lowest BCUT2D eigenvalue weighted by molar-refractivity contribution is 0.0651. The van der Waals surface area contributed by atoms with E-state index in [2.05, 4.69) is 15.6 Å². The Bertz CT molecular complexity index is 1300. The molecule has 0 atom stereocenters. The molecule has 2 aromatic heterocycles. The first-order valence-corrected chi connectivity index (χ1v) is 10.3. The number of amides is 1. The second-order valence-corrected chi connectivity index (χ2v) is 7.96. The zero-order valence-corrected chi connectivity index (χ0v) is 16.9. The summed E-state index contributed by atoms with van der Waals surface area (Å²) in [7, 11) is 0. The lowest BCUT2D eigenvalue weighted by Crippen LogP contribution is -2.39. The van der Waals surface area contributed by atoms with E-state index in [1.807, 2.05) is 25.1 Å². The number of imidazole rings is 1. The lowest BCUT2D eigenvalue weighted by atomic mass is 9.96. The molecule has 2 aromatic carbocycles. The van der Waals surface area contributed by atoms with Gasteiger partial charge in [-0.2, -0.15) is 0 Å². The van der Waals surface area contributed by atoms with Gasteiger partial charge in [0.2, 0.25) is 0 Å². The summed E-state index contributed by atoms with van der Waals surface area (Å²) in [4.78, 5) is 31.7. The first-order valence-electron chi connectivity index (χ1n) is 10.3. The van der Waals surface area contributed by atoms with E-state index in [0.717, 1.165) is 36.2 Å². The Morgan fingerprint density at radius 2 is 1.83 bits per heavy atom. The van der Waals surface area contributed by atoms with Gasteiger partial charge in [0.05, 0.1) is 16.4 Å². The van der Waals surface area contributed by atoms with Gasteiger partial charge in [-0.3, -0.25) is 9.59 Å². The van der Waals surface area contributed by atoms with Crippen LogP contribution >= 0.6 is 0 Å². The van der Waals surface area contributed by atoms with Crippen molar-refractivity contribution in [2.45, 2.75) is 26.3 Å². The van der Waals surface area contributed by atoms with E-state index in [4.69, 9.17) is 4.42 Å². The number of hydrogen-bond donors (Lipinski definition) is 0. The van der Waals surface area contributed by atoms with E-state index >= 15 is 0 Å². The summed E-state index contributed by atoms with van der Waals surface area (Å²) >= 11 is 0. The maximum Gasteiger partial charge on any atom is 0.289 e. The highest BCUT2D eigenvalue weighted by atomic mass is 16.3. The molecule has 152 valence electrons. The number of likely N-dealkylation sites (tertiary alicyclic amines) is 1. The number of rotatable bonds is 3. The zero-order valence-electron chi connectivity index (χ0n) is 16.9. The third-order valence-corrected chi connectivity index (χ3v) is 6.03. The summed E-state index contributed by atoms with van der Waals surface area (Å²) in [5, 5.41) is 0.496. The van der Waals surface area contributed by atoms with Crippen LogP contribution in [0.3, 0.4) is 0 Å². The predicted octanol–water partition coefficient (Wildman–Crippen LogP) is 4.00. The third kappa shape index (κ3) is 3.28. The van der Waals surface area contributed by atoms with Crippen molar-refractivity contribution in [1.29, 1.82) is 0 Å². The normalized spacial score (nSPS) is 15.2. The molecule has 1 fully saturated rings. The average Bonchev–Trinajstić information content (AvgIpc) is 3.09. The quantitative estimate of drug-likeness (QED) is 0.520. The Kier molecular flexibility index (Phi) is 4.62. The first-order chi connectivity index (χ1) is 14.6. The summed E-state index contributed by atoms with van der Waals surface area (Å²) in [6.07, 6.45) is 1.82. The summed E-state index contributed by atoms with van der Waals surface area (Å²) in [6, 6.07) is 16.5. The van der Waals surface area contributed by atoms with Gasteiger partial charge in [0.1, 0.15) is 11.4 Å². The Balaban J connectivity index is 1.29. The Hall–Kier alpha value is -3.41. The molecule has 3 heterocycles. The Morgan fingerprint density at radius 1 is 1.10 bits per heavy atom. The molecular weight excluding hydrogens is 378 g/mol. The topological polar surface area (TPSA) is 68.3 Å². The summed E-state index contributed by atoms with van der Waals surface area (Å²) < 4.78 is 8.01. The molecule has 4 aromatic rings. The molecule has 30 heavy (non-hydrogen) atoms. The second kappa shape index (κ2) is 7.44. The van der Waals surface area contributed by atoms with E-state index in [1.165, 1.54) is 6.07 Å². The SMILES string of the molecule is Cc1nc2ccccc2n1CC1CCN(C(=O)c2cc(=O)c3ccccc3o2)CC1. The van der Waals surface area contributed by atoms with Gasteiger partial charge in [-0.1, -0.05) is 24.3 Å². The fourth-order valence-electron chi connectivity index (χ4n) is 4.37. The van der Waals surface area contributed by atoms with E-state index < -0.39 is 0 Å². The van der Waals surface area contributed by atoms with Gasteiger partial charge in [-0.15, -0.1) is 0 Å². The lowest BCUT2D eigenvalue weighted by Gasteiger charge is -2.32. The molecule has 0 spiro atoms. The number of aromatic nitrogens is 2. The van der Waals surface area contributed by atoms with Crippen molar-refractivity contribution in [3.63, 3.8) is 0 Å². The van der Waals surface area contributed by atoms with E-state index in [1.54, 1.807) is 29.2 Å². The maximum absolute atomic E-state index is 12.9. The standard InChI is InChI=1S/C24H23N3O3/c1-16-25-19-7-3-4-8-20(19)27(16)15-17-10-12-26(13-11-17)24(29)23-14-21(28)18-6-2-5-9-22(18)30-23/h2-9,14,17H,10-13,15H2,1H3. The minimum Gasteiger partial charge on any atom is -0.451 e. The third-order valence-electron chi connectivity index (χ3n) is 6.03. The summed E-state index contributed by atoms with van der Waals surface area (Å²) in [5.41, 5.74) is 2.45. The van der Waals surface area contributed by atoms with Crippen LogP contribution in [-0.2, 0) is 6.54 Å². The second-order valence-electron chi connectivity index (χ2n) is 7.96. The van der Waals surface area contributed by atoms with Crippen LogP contribution in [0.25, 0.3) is 22.0 Å². The van der Waals surface area contributed by atoms with Crippen LogP contribution in [-0.4, -0.2) is 33.4 Å². The van der Waals surface area contributed by atoms with Gasteiger partial charge in [0, 0.05) is 25.7 Å². The minimum absolute atomic E-state index is 0.119. The Labute approximate surface area is 173 Å². The van der Waals surface area contributed by atoms with E-state index in [-0.39, 0.29) is 17.1 Å². The van der Waals surface area contributed by atoms with Crippen LogP contribution in [0.1, 0.15) is 29.2 Å². The minimum atomic E-state index is -0.208. The van der Waals surface area contributed by atoms with Crippen molar-refractivity contribution >= 4 is 27.9 Å². The number of carbonyl (C=O) groups is 1. The molecule has 0 aliphatic carbocycles. The van der Waals surface area contributed by atoms with Crippen molar-refractivity contribution in [3.05, 3.63) is 76.4 Å². The largest absolute Gasteiger partial charge is 0.451 e. The average molecular weight is 401 g/mol. The fourth-order valence-corrected chi connectivity index (χ4v) is 4.37. The molecular formula is C24H23N3O3. The molecule has 0 bridgehead atoms. The van der Waals surface area contributed by atoms with Gasteiger partial charge in [0.15, 0.2) is 11.2 Å². The highest BCUT2D eigenvalue weighted by molar-refractivity contribution is 5.93. The van der Waals surface area contributed by atoms with Crippen LogP contribution in [0.15, 0.2) is 63.8 Å². The van der Waals surface area contributed by atoms with Crippen LogP contribution in [0, 0.1) is 12.8 Å². The van der Waals surface area contributed by atoms with Gasteiger partial charge in [0.25, 0.3) is 5.91 Å². The van der Waals surface area contributed by atoms with E-state index in [9.17, 15) is 9.59 Å². The van der Waals surface area contributed by atoms with Crippen LogP contribution in [0.4, 0.5) is 0 Å². The molecule has 0 radical (unpaired) electrons. The van der Waals surface area contributed by atoms with Crippen molar-refractivity contribution in [2.75, 3.05) is 13.1 Å². The highest BCUT2D eigenvalue weighted by Gasteiger charge is 2.26. The maximum atomic E-state index is 12.9. The molecule has 0 unspecified atom stereocenters. The Morgan fingerprint density at radius 3 is 2.67 bits per heavy atom. The van der Waals surface area contributed by atoms with Crippen LogP contribution in [0.5, 0.6) is 0 Å². The van der Waals surface area contributed by atoms with Gasteiger partial charge in [-0.05, 0) is 49.9 Å². The number of aryl methyl sites for hydroxylation is 1. The smallest absolute Gasteiger partial charge is 0.289 e. The number of nitrogens with zero attached hydrogens (tertiary/aromatic N) is 3. The fraction of sp³-hybridized carbons (Fsp3) is 0.292. The van der Waals surface area contributed by atoms with Gasteiger partial charge in [-0.25, -0.2) is 4.98 Å². The monoisotopic (exact) mass is 401 g/mol. The van der Waals surface area contributed by atoms with Gasteiger partial charge < -0.3 is 13.9 Å². The number of benzene rings is 2. The van der Waals surface area contributed by atoms with E-state index in [0.29, 0.717) is 30.0 Å². The summed E-state index contributed by atoms with van der Waals surface area (Å²) in [6.45, 7) is 4.26. The molecule has 1 aliphatic heterocycles. The molecule has 1 amide bonds. The molecule has 0 saturated carbocycles. The first kappa shape index (κ1) is 18.6. The molecule has 1 saturated heterocycles.